The van der Waals surface area contributed by atoms with E-state index in [1.165, 1.54) is 0 Å². The van der Waals surface area contributed by atoms with Crippen molar-refractivity contribution < 1.29 is 14.6 Å². The zero-order valence-electron chi connectivity index (χ0n) is 11.1. The fourth-order valence-electron chi connectivity index (χ4n) is 2.02. The van der Waals surface area contributed by atoms with Crippen molar-refractivity contribution in [1.82, 2.24) is 10.6 Å². The second-order valence-electron chi connectivity index (χ2n) is 4.84. The molecule has 2 rings (SSSR count). The molecule has 0 saturated carbocycles. The van der Waals surface area contributed by atoms with Crippen LogP contribution in [0.3, 0.4) is 0 Å². The van der Waals surface area contributed by atoms with E-state index in [1.807, 2.05) is 31.2 Å². The van der Waals surface area contributed by atoms with Gasteiger partial charge in [-0.2, -0.15) is 0 Å². The Hall–Kier alpha value is -1.59. The largest absolute Gasteiger partial charge is 0.491 e. The average Bonchev–Trinajstić information content (AvgIpc) is 2.81. The number of aryl methyl sites for hydroxylation is 1. The Bertz CT molecular complexity index is 436. The lowest BCUT2D eigenvalue weighted by Gasteiger charge is -2.16. The van der Waals surface area contributed by atoms with Crippen LogP contribution in [0, 0.1) is 6.92 Å². The van der Waals surface area contributed by atoms with Crippen molar-refractivity contribution in [3.63, 3.8) is 0 Å². The van der Waals surface area contributed by atoms with Gasteiger partial charge >= 0.3 is 0 Å². The van der Waals surface area contributed by atoms with Gasteiger partial charge in [0, 0.05) is 25.6 Å². The first-order valence-electron chi connectivity index (χ1n) is 6.51. The quantitative estimate of drug-likeness (QED) is 0.687. The summed E-state index contributed by atoms with van der Waals surface area (Å²) in [7, 11) is 0. The van der Waals surface area contributed by atoms with Crippen LogP contribution >= 0.6 is 0 Å². The van der Waals surface area contributed by atoms with Gasteiger partial charge in [0.2, 0.25) is 5.91 Å². The predicted octanol–water partition coefficient (Wildman–Crippen LogP) is 0.213. The van der Waals surface area contributed by atoms with Crippen molar-refractivity contribution in [2.75, 3.05) is 19.7 Å². The molecule has 0 spiro atoms. The third-order valence-corrected chi connectivity index (χ3v) is 3.14. The number of carbonyl (C=O) groups excluding carboxylic acids is 1. The van der Waals surface area contributed by atoms with E-state index in [9.17, 15) is 9.90 Å². The molecular weight excluding hydrogens is 244 g/mol. The van der Waals surface area contributed by atoms with Gasteiger partial charge in [-0.1, -0.05) is 18.2 Å². The van der Waals surface area contributed by atoms with E-state index in [0.29, 0.717) is 19.5 Å². The van der Waals surface area contributed by atoms with Gasteiger partial charge in [-0.05, 0) is 18.6 Å². The van der Waals surface area contributed by atoms with E-state index >= 15 is 0 Å². The Balaban J connectivity index is 1.68. The Morgan fingerprint density at radius 1 is 1.53 bits per heavy atom. The summed E-state index contributed by atoms with van der Waals surface area (Å²) in [6.45, 7) is 3.26. The summed E-state index contributed by atoms with van der Waals surface area (Å²) in [5.74, 6) is 0.849. The minimum Gasteiger partial charge on any atom is -0.491 e. The van der Waals surface area contributed by atoms with Crippen LogP contribution in [0.25, 0.3) is 0 Å². The number of amides is 1. The van der Waals surface area contributed by atoms with Gasteiger partial charge in [0.1, 0.15) is 18.5 Å². The molecule has 2 atom stereocenters. The molecule has 1 aliphatic heterocycles. The zero-order chi connectivity index (χ0) is 13.7. The maximum absolute atomic E-state index is 11.0. The Morgan fingerprint density at radius 2 is 2.32 bits per heavy atom. The molecule has 1 aromatic rings. The number of rotatable bonds is 6. The fourth-order valence-corrected chi connectivity index (χ4v) is 2.02. The number of hydrogen-bond acceptors (Lipinski definition) is 4. The van der Waals surface area contributed by atoms with E-state index < -0.39 is 6.10 Å². The molecule has 1 heterocycles. The predicted molar refractivity (Wildman–Crippen MR) is 72.1 cm³/mol. The van der Waals surface area contributed by atoms with Crippen molar-refractivity contribution in [3.8, 4) is 5.75 Å². The first-order chi connectivity index (χ1) is 9.15. The minimum atomic E-state index is -0.588. The topological polar surface area (TPSA) is 70.6 Å². The maximum Gasteiger partial charge on any atom is 0.221 e. The molecule has 0 aliphatic carbocycles. The average molecular weight is 264 g/mol. The van der Waals surface area contributed by atoms with Gasteiger partial charge < -0.3 is 20.5 Å². The van der Waals surface area contributed by atoms with Gasteiger partial charge in [0.15, 0.2) is 0 Å². The highest BCUT2D eigenvalue weighted by molar-refractivity contribution is 5.78. The second-order valence-corrected chi connectivity index (χ2v) is 4.84. The Labute approximate surface area is 113 Å². The first-order valence-corrected chi connectivity index (χ1v) is 6.51. The highest BCUT2D eigenvalue weighted by Crippen LogP contribution is 2.16. The number of carbonyl (C=O) groups is 1. The van der Waals surface area contributed by atoms with Gasteiger partial charge in [-0.15, -0.1) is 0 Å². The molecule has 5 heteroatoms. The van der Waals surface area contributed by atoms with Crippen molar-refractivity contribution in [2.24, 2.45) is 0 Å². The highest BCUT2D eigenvalue weighted by atomic mass is 16.5. The third-order valence-electron chi connectivity index (χ3n) is 3.14. The summed E-state index contributed by atoms with van der Waals surface area (Å²) < 4.78 is 5.56. The molecule has 2 unspecified atom stereocenters. The van der Waals surface area contributed by atoms with Crippen LogP contribution in [-0.2, 0) is 4.79 Å². The van der Waals surface area contributed by atoms with Crippen LogP contribution in [0.2, 0.25) is 0 Å². The van der Waals surface area contributed by atoms with Crippen LogP contribution in [0.1, 0.15) is 12.0 Å². The van der Waals surface area contributed by atoms with E-state index in [2.05, 4.69) is 10.6 Å². The monoisotopic (exact) mass is 264 g/mol. The summed E-state index contributed by atoms with van der Waals surface area (Å²) in [6.07, 6.45) is -0.110. The number of nitrogens with one attached hydrogen (secondary N) is 2. The van der Waals surface area contributed by atoms with Crippen molar-refractivity contribution in [2.45, 2.75) is 25.5 Å². The zero-order valence-corrected chi connectivity index (χ0v) is 11.1. The molecule has 0 aromatic heterocycles. The lowest BCUT2D eigenvalue weighted by atomic mass is 10.2. The lowest BCUT2D eigenvalue weighted by molar-refractivity contribution is -0.119. The van der Waals surface area contributed by atoms with E-state index in [0.717, 1.165) is 11.3 Å². The summed E-state index contributed by atoms with van der Waals surface area (Å²) in [6, 6.07) is 7.82. The van der Waals surface area contributed by atoms with Crippen molar-refractivity contribution in [1.29, 1.82) is 0 Å². The molecule has 0 radical (unpaired) electrons. The van der Waals surface area contributed by atoms with Gasteiger partial charge in [0.25, 0.3) is 0 Å². The smallest absolute Gasteiger partial charge is 0.221 e. The molecule has 104 valence electrons. The number of hydrogen-bond donors (Lipinski definition) is 3. The van der Waals surface area contributed by atoms with E-state index in [-0.39, 0.29) is 18.6 Å². The van der Waals surface area contributed by atoms with Gasteiger partial charge in [0.05, 0.1) is 0 Å². The van der Waals surface area contributed by atoms with Crippen LogP contribution in [-0.4, -0.2) is 42.9 Å². The molecule has 1 saturated heterocycles. The summed E-state index contributed by atoms with van der Waals surface area (Å²) in [5, 5.41) is 15.7. The molecule has 19 heavy (non-hydrogen) atoms. The van der Waals surface area contributed by atoms with E-state index in [4.69, 9.17) is 4.74 Å². The number of aliphatic hydroxyl groups excluding tert-OH is 1. The van der Waals surface area contributed by atoms with Gasteiger partial charge in [-0.25, -0.2) is 0 Å². The molecule has 3 N–H and O–H groups in total. The number of benzene rings is 1. The molecule has 1 fully saturated rings. The lowest BCUT2D eigenvalue weighted by Crippen LogP contribution is -2.39. The standard InChI is InChI=1S/C14H20N2O3/c1-10-4-2-3-5-13(10)19-9-12(17)8-15-11-6-14(18)16-7-11/h2-5,11-12,15,17H,6-9H2,1H3,(H,16,18). The molecule has 1 aliphatic rings. The third kappa shape index (κ3) is 4.22. The van der Waals surface area contributed by atoms with Crippen LogP contribution in [0.5, 0.6) is 5.75 Å². The van der Waals surface area contributed by atoms with E-state index in [1.54, 1.807) is 0 Å². The normalized spacial score (nSPS) is 20.1. The molecule has 1 amide bonds. The Morgan fingerprint density at radius 3 is 3.00 bits per heavy atom. The minimum absolute atomic E-state index is 0.0585. The fraction of sp³-hybridized carbons (Fsp3) is 0.500. The van der Waals surface area contributed by atoms with Crippen LogP contribution in [0.15, 0.2) is 24.3 Å². The molecule has 1 aromatic carbocycles. The Kier molecular flexibility index (Phi) is 4.76. The second kappa shape index (κ2) is 6.54. The SMILES string of the molecule is Cc1ccccc1OCC(O)CNC1CNC(=O)C1. The van der Waals surface area contributed by atoms with Crippen molar-refractivity contribution in [3.05, 3.63) is 29.8 Å². The molecular formula is C14H20N2O3. The summed E-state index contributed by atoms with van der Waals surface area (Å²) in [4.78, 5) is 11.0. The molecule has 0 bridgehead atoms. The highest BCUT2D eigenvalue weighted by Gasteiger charge is 2.21. The maximum atomic E-state index is 11.0. The summed E-state index contributed by atoms with van der Waals surface area (Å²) >= 11 is 0. The van der Waals surface area contributed by atoms with Gasteiger partial charge in [-0.3, -0.25) is 4.79 Å². The van der Waals surface area contributed by atoms with Crippen LogP contribution < -0.4 is 15.4 Å². The summed E-state index contributed by atoms with van der Waals surface area (Å²) in [5.41, 5.74) is 1.05. The number of ether oxygens (including phenoxy) is 1. The first kappa shape index (κ1) is 13.8. The number of para-hydroxylation sites is 1. The van der Waals surface area contributed by atoms with Crippen LogP contribution in [0.4, 0.5) is 0 Å². The number of aliphatic hydroxyl groups is 1. The molecule has 5 nitrogen and oxygen atoms in total. The van der Waals surface area contributed by atoms with Crippen molar-refractivity contribution >= 4 is 5.91 Å².